The summed E-state index contributed by atoms with van der Waals surface area (Å²) >= 11 is 5.92. The van der Waals surface area contributed by atoms with Crippen molar-refractivity contribution < 1.29 is 5.11 Å². The number of likely N-dealkylation sites (tertiary alicyclic amines) is 1. The van der Waals surface area contributed by atoms with E-state index in [2.05, 4.69) is 27.7 Å². The van der Waals surface area contributed by atoms with Gasteiger partial charge in [-0.2, -0.15) is 0 Å². The Hall–Kier alpha value is -0.650. The average molecular weight is 310 g/mol. The van der Waals surface area contributed by atoms with Gasteiger partial charge < -0.3 is 15.7 Å². The second-order valence-electron chi connectivity index (χ2n) is 6.18. The van der Waals surface area contributed by atoms with Gasteiger partial charge in [0, 0.05) is 36.7 Å². The van der Waals surface area contributed by atoms with E-state index in [-0.39, 0.29) is 12.1 Å². The topological polar surface area (TPSA) is 47.5 Å². The maximum atomic E-state index is 9.84. The first-order valence-corrected chi connectivity index (χ1v) is 8.20. The van der Waals surface area contributed by atoms with Crippen LogP contribution in [0.2, 0.25) is 5.02 Å². The first kappa shape index (κ1) is 15.3. The van der Waals surface area contributed by atoms with E-state index in [0.29, 0.717) is 12.6 Å². The van der Waals surface area contributed by atoms with Crippen LogP contribution >= 0.6 is 11.6 Å². The zero-order valence-electron chi connectivity index (χ0n) is 12.3. The molecule has 2 saturated heterocycles. The highest BCUT2D eigenvalue weighted by Crippen LogP contribution is 2.17. The second-order valence-corrected chi connectivity index (χ2v) is 6.61. The van der Waals surface area contributed by atoms with E-state index >= 15 is 0 Å². The molecule has 2 fully saturated rings. The van der Waals surface area contributed by atoms with Gasteiger partial charge in [-0.25, -0.2) is 0 Å². The number of halogens is 1. The summed E-state index contributed by atoms with van der Waals surface area (Å²) in [5.74, 6) is 0. The molecule has 3 N–H and O–H groups in total. The number of hydrogen-bond donors (Lipinski definition) is 3. The van der Waals surface area contributed by atoms with E-state index in [0.717, 1.165) is 44.0 Å². The number of hydrogen-bond acceptors (Lipinski definition) is 4. The molecule has 2 aliphatic rings. The number of benzene rings is 1. The van der Waals surface area contributed by atoms with Crippen LogP contribution in [0.5, 0.6) is 0 Å². The van der Waals surface area contributed by atoms with Crippen LogP contribution in [-0.4, -0.2) is 54.4 Å². The third-order valence-electron chi connectivity index (χ3n) is 4.54. The summed E-state index contributed by atoms with van der Waals surface area (Å²) in [4.78, 5) is 2.49. The largest absolute Gasteiger partial charge is 0.390 e. The molecule has 1 aromatic carbocycles. The van der Waals surface area contributed by atoms with Gasteiger partial charge in [-0.1, -0.05) is 23.7 Å². The molecule has 1 aromatic rings. The Kier molecular flexibility index (Phi) is 5.14. The Morgan fingerprint density at radius 3 is 2.52 bits per heavy atom. The zero-order valence-corrected chi connectivity index (χ0v) is 13.0. The van der Waals surface area contributed by atoms with Gasteiger partial charge >= 0.3 is 0 Å². The number of piperidine rings is 1. The lowest BCUT2D eigenvalue weighted by Crippen LogP contribution is -2.49. The molecule has 2 aliphatic heterocycles. The lowest BCUT2D eigenvalue weighted by atomic mass is 10.0. The first-order chi connectivity index (χ1) is 10.2. The molecular weight excluding hydrogens is 286 g/mol. The molecule has 0 bridgehead atoms. The molecule has 3 rings (SSSR count). The fraction of sp³-hybridized carbons (Fsp3) is 0.625. The Labute approximate surface area is 131 Å². The Morgan fingerprint density at radius 1 is 1.19 bits per heavy atom. The Balaban J connectivity index is 1.43. The quantitative estimate of drug-likeness (QED) is 0.783. The van der Waals surface area contributed by atoms with Crippen LogP contribution in [0, 0.1) is 0 Å². The highest BCUT2D eigenvalue weighted by atomic mass is 35.5. The smallest absolute Gasteiger partial charge is 0.0829 e. The third kappa shape index (κ3) is 4.18. The molecule has 0 aromatic heterocycles. The van der Waals surface area contributed by atoms with E-state index in [1.54, 1.807) is 0 Å². The van der Waals surface area contributed by atoms with E-state index in [4.69, 9.17) is 11.6 Å². The Morgan fingerprint density at radius 2 is 1.90 bits per heavy atom. The van der Waals surface area contributed by atoms with Gasteiger partial charge in [-0.3, -0.25) is 4.90 Å². The monoisotopic (exact) mass is 309 g/mol. The van der Waals surface area contributed by atoms with Crippen molar-refractivity contribution in [3.8, 4) is 0 Å². The molecule has 0 saturated carbocycles. The minimum absolute atomic E-state index is 0.220. The zero-order chi connectivity index (χ0) is 14.7. The normalized spacial score (nSPS) is 28.1. The maximum Gasteiger partial charge on any atom is 0.0829 e. The van der Waals surface area contributed by atoms with Crippen molar-refractivity contribution in [1.29, 1.82) is 0 Å². The number of aliphatic hydroxyl groups excluding tert-OH is 1. The molecule has 116 valence electrons. The van der Waals surface area contributed by atoms with Gasteiger partial charge in [0.25, 0.3) is 0 Å². The molecule has 21 heavy (non-hydrogen) atoms. The molecule has 0 amide bonds. The minimum Gasteiger partial charge on any atom is -0.390 e. The van der Waals surface area contributed by atoms with Gasteiger partial charge in [-0.05, 0) is 43.6 Å². The lowest BCUT2D eigenvalue weighted by Gasteiger charge is -2.34. The molecule has 4 nitrogen and oxygen atoms in total. The number of β-amino-alcohol motifs (C(OH)–C–C–N with tert-alkyl or cyclic N) is 1. The third-order valence-corrected chi connectivity index (χ3v) is 4.79. The van der Waals surface area contributed by atoms with E-state index < -0.39 is 0 Å². The number of nitrogens with one attached hydrogen (secondary N) is 2. The van der Waals surface area contributed by atoms with Gasteiger partial charge in [0.05, 0.1) is 6.10 Å². The minimum atomic E-state index is -0.239. The van der Waals surface area contributed by atoms with Crippen LogP contribution in [0.4, 0.5) is 0 Å². The van der Waals surface area contributed by atoms with Crippen LogP contribution < -0.4 is 10.6 Å². The van der Waals surface area contributed by atoms with E-state index in [1.807, 2.05) is 12.1 Å². The summed E-state index contributed by atoms with van der Waals surface area (Å²) in [6.45, 7) is 4.81. The predicted octanol–water partition coefficient (Wildman–Crippen LogP) is 1.23. The van der Waals surface area contributed by atoms with Crippen molar-refractivity contribution in [2.75, 3.05) is 26.2 Å². The Bertz CT molecular complexity index is 445. The fourth-order valence-corrected chi connectivity index (χ4v) is 3.37. The first-order valence-electron chi connectivity index (χ1n) is 7.82. The maximum absolute atomic E-state index is 9.84. The predicted molar refractivity (Wildman–Crippen MR) is 85.6 cm³/mol. The highest BCUT2D eigenvalue weighted by Gasteiger charge is 2.28. The van der Waals surface area contributed by atoms with Gasteiger partial charge in [0.15, 0.2) is 0 Å². The molecule has 0 aliphatic carbocycles. The molecule has 2 heterocycles. The van der Waals surface area contributed by atoms with Gasteiger partial charge in [0.2, 0.25) is 0 Å². The van der Waals surface area contributed by atoms with Crippen molar-refractivity contribution in [3.05, 3.63) is 34.9 Å². The summed E-state index contributed by atoms with van der Waals surface area (Å²) in [5.41, 5.74) is 1.32. The highest BCUT2D eigenvalue weighted by molar-refractivity contribution is 6.30. The summed E-state index contributed by atoms with van der Waals surface area (Å²) in [5, 5.41) is 17.5. The standard InChI is InChI=1S/C16H24ClN3O/c17-13-3-1-12(2-4-13)11-20-7-5-14(6-8-20)19-15-9-18-10-16(15)21/h1-4,14-16,18-19,21H,5-11H2/t15-,16-/m0/s1. The summed E-state index contributed by atoms with van der Waals surface area (Å²) < 4.78 is 0. The SMILES string of the molecule is O[C@H]1CNC[C@@H]1NC1CCN(Cc2ccc(Cl)cc2)CC1. The fourth-order valence-electron chi connectivity index (χ4n) is 3.24. The average Bonchev–Trinajstić information content (AvgIpc) is 2.89. The summed E-state index contributed by atoms with van der Waals surface area (Å²) in [7, 11) is 0. The van der Waals surface area contributed by atoms with Crippen molar-refractivity contribution in [2.24, 2.45) is 0 Å². The number of aliphatic hydroxyl groups is 1. The van der Waals surface area contributed by atoms with Crippen molar-refractivity contribution in [2.45, 2.75) is 37.6 Å². The molecule has 0 unspecified atom stereocenters. The van der Waals surface area contributed by atoms with Crippen LogP contribution in [-0.2, 0) is 6.54 Å². The van der Waals surface area contributed by atoms with Crippen LogP contribution in [0.15, 0.2) is 24.3 Å². The molecule has 0 radical (unpaired) electrons. The van der Waals surface area contributed by atoms with Gasteiger partial charge in [0.1, 0.15) is 0 Å². The lowest BCUT2D eigenvalue weighted by molar-refractivity contribution is 0.136. The van der Waals surface area contributed by atoms with Crippen molar-refractivity contribution >= 4 is 11.6 Å². The van der Waals surface area contributed by atoms with E-state index in [1.165, 1.54) is 5.56 Å². The second kappa shape index (κ2) is 7.07. The summed E-state index contributed by atoms with van der Waals surface area (Å²) in [6.07, 6.45) is 2.06. The van der Waals surface area contributed by atoms with E-state index in [9.17, 15) is 5.11 Å². The summed E-state index contributed by atoms with van der Waals surface area (Å²) in [6, 6.07) is 8.88. The van der Waals surface area contributed by atoms with Crippen molar-refractivity contribution in [1.82, 2.24) is 15.5 Å². The number of nitrogens with zero attached hydrogens (tertiary/aromatic N) is 1. The van der Waals surface area contributed by atoms with Crippen molar-refractivity contribution in [3.63, 3.8) is 0 Å². The number of rotatable bonds is 4. The van der Waals surface area contributed by atoms with Gasteiger partial charge in [-0.15, -0.1) is 0 Å². The molecule has 0 spiro atoms. The molecular formula is C16H24ClN3O. The molecule has 2 atom stereocenters. The molecule has 5 heteroatoms. The van der Waals surface area contributed by atoms with Crippen LogP contribution in [0.1, 0.15) is 18.4 Å². The van der Waals surface area contributed by atoms with Crippen LogP contribution in [0.25, 0.3) is 0 Å². The van der Waals surface area contributed by atoms with Crippen LogP contribution in [0.3, 0.4) is 0 Å².